The Morgan fingerprint density at radius 3 is 2.73 bits per heavy atom. The van der Waals surface area contributed by atoms with E-state index in [0.717, 1.165) is 0 Å². The summed E-state index contributed by atoms with van der Waals surface area (Å²) in [4.78, 5) is 22.4. The molecule has 0 atom stereocenters. The number of esters is 1. The molecule has 0 saturated heterocycles. The van der Waals surface area contributed by atoms with Crippen LogP contribution in [0.25, 0.3) is 0 Å². The van der Waals surface area contributed by atoms with E-state index in [2.05, 4.69) is 20.7 Å². The van der Waals surface area contributed by atoms with Gasteiger partial charge < -0.3 is 9.84 Å². The molecule has 0 aliphatic carbocycles. The van der Waals surface area contributed by atoms with Crippen LogP contribution in [0.1, 0.15) is 16.8 Å². The molecule has 0 aliphatic rings. The molecule has 80 valence electrons. The highest BCUT2D eigenvalue weighted by atomic mass is 79.9. The number of phenolic OH excluding ortho intramolecular Hbond substituents is 1. The van der Waals surface area contributed by atoms with Gasteiger partial charge in [0.2, 0.25) is 0 Å². The Morgan fingerprint density at radius 2 is 2.13 bits per heavy atom. The molecule has 0 bridgehead atoms. The Balaban J connectivity index is 2.92. The van der Waals surface area contributed by atoms with E-state index in [0.29, 0.717) is 4.47 Å². The second kappa shape index (κ2) is 4.93. The molecular formula is C10H9BrO4. The third-order valence-corrected chi connectivity index (χ3v) is 2.46. The number of rotatable bonds is 3. The number of halogens is 1. The van der Waals surface area contributed by atoms with E-state index in [1.165, 1.54) is 13.2 Å². The number of ether oxygens (including phenoxy) is 1. The van der Waals surface area contributed by atoms with E-state index in [1.807, 2.05) is 0 Å². The SMILES string of the molecule is COC(=O)CC(=O)c1cccc(Br)c1O. The van der Waals surface area contributed by atoms with E-state index in [9.17, 15) is 14.7 Å². The minimum absolute atomic E-state index is 0.106. The van der Waals surface area contributed by atoms with Gasteiger partial charge in [-0.2, -0.15) is 0 Å². The number of para-hydroxylation sites is 1. The van der Waals surface area contributed by atoms with E-state index >= 15 is 0 Å². The lowest BCUT2D eigenvalue weighted by Gasteiger charge is -2.04. The van der Waals surface area contributed by atoms with Crippen LogP contribution in [-0.4, -0.2) is 24.0 Å². The van der Waals surface area contributed by atoms with E-state index in [4.69, 9.17) is 0 Å². The highest BCUT2D eigenvalue weighted by Gasteiger charge is 2.16. The van der Waals surface area contributed by atoms with Crippen molar-refractivity contribution in [3.05, 3.63) is 28.2 Å². The summed E-state index contributed by atoms with van der Waals surface area (Å²) in [5, 5.41) is 9.53. The summed E-state index contributed by atoms with van der Waals surface area (Å²) in [6.45, 7) is 0. The lowest BCUT2D eigenvalue weighted by molar-refractivity contribution is -0.139. The average molecular weight is 273 g/mol. The summed E-state index contributed by atoms with van der Waals surface area (Å²) in [6.07, 6.45) is -0.374. The van der Waals surface area contributed by atoms with E-state index in [1.54, 1.807) is 12.1 Å². The number of ketones is 1. The maximum atomic E-state index is 11.5. The van der Waals surface area contributed by atoms with E-state index in [-0.39, 0.29) is 17.7 Å². The molecule has 4 nitrogen and oxygen atoms in total. The van der Waals surface area contributed by atoms with Gasteiger partial charge in [0.25, 0.3) is 0 Å². The second-order valence-corrected chi connectivity index (χ2v) is 3.67. The van der Waals surface area contributed by atoms with Crippen LogP contribution in [0.15, 0.2) is 22.7 Å². The average Bonchev–Trinajstić information content (AvgIpc) is 2.21. The number of aromatic hydroxyl groups is 1. The van der Waals surface area contributed by atoms with Crippen LogP contribution in [0.2, 0.25) is 0 Å². The van der Waals surface area contributed by atoms with Crippen molar-refractivity contribution in [1.82, 2.24) is 0 Å². The van der Waals surface area contributed by atoms with Crippen molar-refractivity contribution in [2.24, 2.45) is 0 Å². The fourth-order valence-electron chi connectivity index (χ4n) is 1.04. The predicted molar refractivity (Wildman–Crippen MR) is 56.8 cm³/mol. The van der Waals surface area contributed by atoms with Gasteiger partial charge >= 0.3 is 5.97 Å². The highest BCUT2D eigenvalue weighted by Crippen LogP contribution is 2.28. The van der Waals surface area contributed by atoms with Gasteiger partial charge in [-0.15, -0.1) is 0 Å². The van der Waals surface area contributed by atoms with Crippen LogP contribution in [0.3, 0.4) is 0 Å². The molecule has 0 aromatic heterocycles. The maximum Gasteiger partial charge on any atom is 0.313 e. The smallest absolute Gasteiger partial charge is 0.313 e. The van der Waals surface area contributed by atoms with Gasteiger partial charge in [-0.05, 0) is 28.1 Å². The molecule has 15 heavy (non-hydrogen) atoms. The molecule has 1 aromatic carbocycles. The molecule has 0 fully saturated rings. The lowest BCUT2D eigenvalue weighted by Crippen LogP contribution is -2.09. The molecular weight excluding hydrogens is 264 g/mol. The Hall–Kier alpha value is -1.36. The number of carbonyl (C=O) groups excluding carboxylic acids is 2. The third kappa shape index (κ3) is 2.79. The fourth-order valence-corrected chi connectivity index (χ4v) is 1.41. The van der Waals surface area contributed by atoms with Crippen molar-refractivity contribution in [2.45, 2.75) is 6.42 Å². The summed E-state index contributed by atoms with van der Waals surface area (Å²) < 4.78 is 4.77. The number of benzene rings is 1. The topological polar surface area (TPSA) is 63.6 Å². The standard InChI is InChI=1S/C10H9BrO4/c1-15-9(13)5-8(12)6-3-2-4-7(11)10(6)14/h2-4,14H,5H2,1H3. The molecule has 0 spiro atoms. The van der Waals surface area contributed by atoms with Crippen molar-refractivity contribution in [2.75, 3.05) is 7.11 Å². The lowest BCUT2D eigenvalue weighted by atomic mass is 10.1. The minimum atomic E-state index is -0.626. The molecule has 0 unspecified atom stereocenters. The monoisotopic (exact) mass is 272 g/mol. The van der Waals surface area contributed by atoms with Crippen molar-refractivity contribution in [3.8, 4) is 5.75 Å². The van der Waals surface area contributed by atoms with Gasteiger partial charge in [0.1, 0.15) is 12.2 Å². The summed E-state index contributed by atoms with van der Waals surface area (Å²) >= 11 is 3.08. The second-order valence-electron chi connectivity index (χ2n) is 2.81. The predicted octanol–water partition coefficient (Wildman–Crippen LogP) is 1.90. The Labute approximate surface area is 95.0 Å². The van der Waals surface area contributed by atoms with Crippen LogP contribution >= 0.6 is 15.9 Å². The van der Waals surface area contributed by atoms with Crippen LogP contribution in [-0.2, 0) is 9.53 Å². The van der Waals surface area contributed by atoms with Crippen molar-refractivity contribution >= 4 is 27.7 Å². The number of phenols is 1. The molecule has 1 aromatic rings. The van der Waals surface area contributed by atoms with E-state index < -0.39 is 11.8 Å². The molecule has 0 radical (unpaired) electrons. The van der Waals surface area contributed by atoms with Gasteiger partial charge in [0.15, 0.2) is 5.78 Å². The first-order valence-electron chi connectivity index (χ1n) is 4.13. The fraction of sp³-hybridized carbons (Fsp3) is 0.200. The zero-order valence-corrected chi connectivity index (χ0v) is 9.58. The van der Waals surface area contributed by atoms with Crippen molar-refractivity contribution < 1.29 is 19.4 Å². The largest absolute Gasteiger partial charge is 0.506 e. The number of methoxy groups -OCH3 is 1. The maximum absolute atomic E-state index is 11.5. The van der Waals surface area contributed by atoms with Gasteiger partial charge in [0.05, 0.1) is 17.1 Å². The zero-order valence-electron chi connectivity index (χ0n) is 7.99. The van der Waals surface area contributed by atoms with Crippen LogP contribution in [0.4, 0.5) is 0 Å². The number of hydrogen-bond donors (Lipinski definition) is 1. The molecule has 0 saturated carbocycles. The van der Waals surface area contributed by atoms with Crippen LogP contribution in [0, 0.1) is 0 Å². The summed E-state index contributed by atoms with van der Waals surface area (Å²) in [5.41, 5.74) is 0.106. The van der Waals surface area contributed by atoms with Crippen molar-refractivity contribution in [3.63, 3.8) is 0 Å². The Morgan fingerprint density at radius 1 is 1.47 bits per heavy atom. The first kappa shape index (κ1) is 11.7. The Kier molecular flexibility index (Phi) is 3.85. The first-order chi connectivity index (χ1) is 7.06. The van der Waals surface area contributed by atoms with Gasteiger partial charge in [-0.3, -0.25) is 9.59 Å². The molecule has 0 heterocycles. The van der Waals surface area contributed by atoms with Crippen LogP contribution in [0.5, 0.6) is 5.75 Å². The van der Waals surface area contributed by atoms with Gasteiger partial charge in [-0.25, -0.2) is 0 Å². The number of Topliss-reactive ketones (excluding diaryl/α,β-unsaturated/α-hetero) is 1. The third-order valence-electron chi connectivity index (χ3n) is 1.82. The van der Waals surface area contributed by atoms with Gasteiger partial charge in [0, 0.05) is 0 Å². The van der Waals surface area contributed by atoms with Gasteiger partial charge in [-0.1, -0.05) is 6.07 Å². The molecule has 1 rings (SSSR count). The Bertz CT molecular complexity index is 400. The first-order valence-corrected chi connectivity index (χ1v) is 4.93. The summed E-state index contributed by atoms with van der Waals surface area (Å²) in [5.74, 6) is -1.26. The minimum Gasteiger partial charge on any atom is -0.506 e. The molecule has 1 N–H and O–H groups in total. The molecule has 5 heteroatoms. The van der Waals surface area contributed by atoms with Crippen LogP contribution < -0.4 is 0 Å². The summed E-state index contributed by atoms with van der Waals surface area (Å²) in [7, 11) is 1.20. The molecule has 0 aliphatic heterocycles. The number of carbonyl (C=O) groups is 2. The molecule has 0 amide bonds. The number of hydrogen-bond acceptors (Lipinski definition) is 4. The van der Waals surface area contributed by atoms with Crippen molar-refractivity contribution in [1.29, 1.82) is 0 Å². The normalized spacial score (nSPS) is 9.73. The zero-order chi connectivity index (χ0) is 11.4. The summed E-state index contributed by atoms with van der Waals surface area (Å²) in [6, 6.07) is 4.66. The highest BCUT2D eigenvalue weighted by molar-refractivity contribution is 9.10. The quantitative estimate of drug-likeness (QED) is 0.519.